The number of aromatic nitrogens is 2. The van der Waals surface area contributed by atoms with Crippen LogP contribution in [0.4, 0.5) is 5.69 Å². The number of piperazine rings is 1. The largest absolute Gasteiger partial charge is 0.351 e. The van der Waals surface area contributed by atoms with Gasteiger partial charge in [0, 0.05) is 49.2 Å². The summed E-state index contributed by atoms with van der Waals surface area (Å²) in [6.45, 7) is 5.55. The number of nitrogens with one attached hydrogen (secondary N) is 2. The molecule has 0 amide bonds. The van der Waals surface area contributed by atoms with Gasteiger partial charge in [0.15, 0.2) is 0 Å². The number of nitrogens with zero attached hydrogens (tertiary/aromatic N) is 3. The van der Waals surface area contributed by atoms with Gasteiger partial charge >= 0.3 is 0 Å². The molecule has 29 heavy (non-hydrogen) atoms. The van der Waals surface area contributed by atoms with Crippen LogP contribution < -0.4 is 4.72 Å². The van der Waals surface area contributed by atoms with E-state index in [2.05, 4.69) is 68.3 Å². The van der Waals surface area contributed by atoms with Crippen molar-refractivity contribution in [2.45, 2.75) is 10.8 Å². The molecular formula is C21H23N5S3. The van der Waals surface area contributed by atoms with Gasteiger partial charge in [-0.2, -0.15) is 0 Å². The van der Waals surface area contributed by atoms with Crippen LogP contribution in [0.2, 0.25) is 0 Å². The molecule has 1 fully saturated rings. The number of anilines is 1. The number of likely N-dealkylation sites (N-methyl/N-ethyl adjacent to an activating group) is 1. The number of fused-ring (bicyclic) bond motifs is 1. The Bertz CT molecular complexity index is 1080. The lowest BCUT2D eigenvalue weighted by Crippen LogP contribution is -2.43. The summed E-state index contributed by atoms with van der Waals surface area (Å²) in [6.07, 6.45) is 2.04. The number of benzene rings is 1. The summed E-state index contributed by atoms with van der Waals surface area (Å²) in [6, 6.07) is 12.8. The highest BCUT2D eigenvalue weighted by Gasteiger charge is 2.16. The zero-order valence-electron chi connectivity index (χ0n) is 16.2. The number of hydrogen-bond acceptors (Lipinski definition) is 7. The molecule has 4 aromatic rings. The van der Waals surface area contributed by atoms with Crippen molar-refractivity contribution in [2.24, 2.45) is 0 Å². The Balaban J connectivity index is 1.33. The zero-order valence-corrected chi connectivity index (χ0v) is 18.7. The molecule has 0 unspecified atom stereocenters. The van der Waals surface area contributed by atoms with Crippen LogP contribution in [0.25, 0.3) is 21.6 Å². The number of para-hydroxylation sites is 1. The standard InChI is InChI=1S/C21H23N5S3/c1-25-7-9-26(10-8-25)14-16-13-22-21(28-16)18-12-15-4-2-5-17(20(15)23-18)24-29-19-6-3-11-27-19/h2-6,11-13,23-24H,7-10,14H2,1H3. The average molecular weight is 442 g/mol. The van der Waals surface area contributed by atoms with Gasteiger partial charge < -0.3 is 14.6 Å². The van der Waals surface area contributed by atoms with Crippen molar-refractivity contribution in [3.05, 3.63) is 52.9 Å². The predicted octanol–water partition coefficient (Wildman–Crippen LogP) is 5.22. The van der Waals surface area contributed by atoms with Crippen molar-refractivity contribution in [2.75, 3.05) is 37.9 Å². The maximum Gasteiger partial charge on any atom is 0.139 e. The first-order chi connectivity index (χ1) is 14.2. The maximum absolute atomic E-state index is 4.70. The number of thiazole rings is 1. The van der Waals surface area contributed by atoms with Crippen LogP contribution in [0.3, 0.4) is 0 Å². The van der Waals surface area contributed by atoms with Crippen LogP contribution in [-0.4, -0.2) is 53.0 Å². The van der Waals surface area contributed by atoms with Crippen LogP contribution in [0, 0.1) is 0 Å². The Kier molecular flexibility index (Phi) is 5.61. The Hall–Kier alpha value is -1.84. The van der Waals surface area contributed by atoms with Gasteiger partial charge in [-0.15, -0.1) is 22.7 Å². The topological polar surface area (TPSA) is 47.2 Å². The van der Waals surface area contributed by atoms with Gasteiger partial charge in [0.2, 0.25) is 0 Å². The van der Waals surface area contributed by atoms with E-state index in [4.69, 9.17) is 4.98 Å². The third-order valence-electron chi connectivity index (χ3n) is 5.17. The lowest BCUT2D eigenvalue weighted by molar-refractivity contribution is 0.149. The molecule has 3 aromatic heterocycles. The van der Waals surface area contributed by atoms with Crippen LogP contribution >= 0.6 is 34.6 Å². The Labute approximate surface area is 182 Å². The first-order valence-corrected chi connectivity index (χ1v) is 12.2. The monoisotopic (exact) mass is 441 g/mol. The molecule has 150 valence electrons. The summed E-state index contributed by atoms with van der Waals surface area (Å²) < 4.78 is 4.74. The van der Waals surface area contributed by atoms with Crippen molar-refractivity contribution in [3.8, 4) is 10.7 Å². The summed E-state index contributed by atoms with van der Waals surface area (Å²) in [5, 5.41) is 4.36. The number of thiophene rings is 1. The molecule has 1 aliphatic rings. The number of hydrogen-bond donors (Lipinski definition) is 2. The second-order valence-corrected chi connectivity index (χ2v) is 10.5. The third kappa shape index (κ3) is 4.36. The minimum atomic E-state index is 0.996. The highest BCUT2D eigenvalue weighted by Crippen LogP contribution is 2.33. The van der Waals surface area contributed by atoms with Gasteiger partial charge in [0.05, 0.1) is 21.1 Å². The molecular weight excluding hydrogens is 418 g/mol. The Morgan fingerprint density at radius 2 is 2.07 bits per heavy atom. The van der Waals surface area contributed by atoms with E-state index in [0.29, 0.717) is 0 Å². The SMILES string of the molecule is CN1CCN(Cc2cnc(-c3cc4cccc(NSc5cccs5)c4[nH]3)s2)CC1. The fraction of sp³-hybridized carbons (Fsp3) is 0.286. The highest BCUT2D eigenvalue weighted by atomic mass is 32.2. The van der Waals surface area contributed by atoms with Crippen LogP contribution in [0.15, 0.2) is 52.2 Å². The summed E-state index contributed by atoms with van der Waals surface area (Å²) in [5.41, 5.74) is 3.31. The fourth-order valence-corrected chi connectivity index (χ4v) is 5.90. The molecule has 0 atom stereocenters. The van der Waals surface area contributed by atoms with Crippen LogP contribution in [-0.2, 0) is 6.54 Å². The van der Waals surface area contributed by atoms with Crippen molar-refractivity contribution in [3.63, 3.8) is 0 Å². The van der Waals surface area contributed by atoms with Gasteiger partial charge in [0.25, 0.3) is 0 Å². The fourth-order valence-electron chi connectivity index (χ4n) is 3.51. The predicted molar refractivity (Wildman–Crippen MR) is 126 cm³/mol. The van der Waals surface area contributed by atoms with Crippen molar-refractivity contribution < 1.29 is 0 Å². The lowest BCUT2D eigenvalue weighted by atomic mass is 10.2. The van der Waals surface area contributed by atoms with E-state index in [9.17, 15) is 0 Å². The number of rotatable bonds is 6. The van der Waals surface area contributed by atoms with E-state index >= 15 is 0 Å². The van der Waals surface area contributed by atoms with Gasteiger partial charge in [-0.1, -0.05) is 18.2 Å². The number of aromatic amines is 1. The molecule has 8 heteroatoms. The smallest absolute Gasteiger partial charge is 0.139 e. The molecule has 0 saturated carbocycles. The van der Waals surface area contributed by atoms with Crippen molar-refractivity contribution in [1.82, 2.24) is 19.8 Å². The van der Waals surface area contributed by atoms with Gasteiger partial charge in [-0.25, -0.2) is 4.98 Å². The summed E-state index contributed by atoms with van der Waals surface area (Å²) in [7, 11) is 2.19. The van der Waals surface area contributed by atoms with Gasteiger partial charge in [-0.05, 0) is 42.6 Å². The first kappa shape index (κ1) is 19.1. The molecule has 4 heterocycles. The van der Waals surface area contributed by atoms with Gasteiger partial charge in [0.1, 0.15) is 5.01 Å². The molecule has 0 bridgehead atoms. The van der Waals surface area contributed by atoms with E-state index in [-0.39, 0.29) is 0 Å². The second-order valence-electron chi connectivity index (χ2n) is 7.30. The van der Waals surface area contributed by atoms with E-state index < -0.39 is 0 Å². The zero-order chi connectivity index (χ0) is 19.6. The summed E-state index contributed by atoms with van der Waals surface area (Å²) in [4.78, 5) is 14.5. The Morgan fingerprint density at radius 1 is 1.17 bits per heavy atom. The average Bonchev–Trinajstić information content (AvgIpc) is 3.48. The van der Waals surface area contributed by atoms with Gasteiger partial charge in [-0.3, -0.25) is 4.90 Å². The lowest BCUT2D eigenvalue weighted by Gasteiger charge is -2.31. The van der Waals surface area contributed by atoms with Crippen LogP contribution in [0.1, 0.15) is 4.88 Å². The Morgan fingerprint density at radius 3 is 2.90 bits per heavy atom. The second kappa shape index (κ2) is 8.49. The first-order valence-electron chi connectivity index (χ1n) is 9.69. The van der Waals surface area contributed by atoms with Crippen molar-refractivity contribution >= 4 is 51.2 Å². The maximum atomic E-state index is 4.70. The summed E-state index contributed by atoms with van der Waals surface area (Å²) in [5.74, 6) is 0. The van der Waals surface area contributed by atoms with Crippen LogP contribution in [0.5, 0.6) is 0 Å². The van der Waals surface area contributed by atoms with E-state index in [0.717, 1.165) is 54.6 Å². The van der Waals surface area contributed by atoms with E-state index in [1.54, 1.807) is 34.6 Å². The molecule has 2 N–H and O–H groups in total. The minimum absolute atomic E-state index is 0.996. The molecule has 5 rings (SSSR count). The normalized spacial score (nSPS) is 15.9. The molecule has 1 saturated heterocycles. The summed E-state index contributed by atoms with van der Waals surface area (Å²) >= 11 is 5.18. The minimum Gasteiger partial charge on any atom is -0.351 e. The highest BCUT2D eigenvalue weighted by molar-refractivity contribution is 8.02. The molecule has 1 aromatic carbocycles. The van der Waals surface area contributed by atoms with E-state index in [1.807, 2.05) is 6.20 Å². The number of H-pyrrole nitrogens is 1. The molecule has 0 radical (unpaired) electrons. The third-order valence-corrected chi connectivity index (χ3v) is 8.05. The van der Waals surface area contributed by atoms with E-state index in [1.165, 1.54) is 14.5 Å². The molecule has 5 nitrogen and oxygen atoms in total. The quantitative estimate of drug-likeness (QED) is 0.402. The van der Waals surface area contributed by atoms with Crippen molar-refractivity contribution in [1.29, 1.82) is 0 Å². The molecule has 1 aliphatic heterocycles. The molecule has 0 aliphatic carbocycles. The molecule has 0 spiro atoms.